The maximum Gasteiger partial charge on any atom is 0.236 e. The molecule has 0 bridgehead atoms. The first-order valence-corrected chi connectivity index (χ1v) is 3.52. The number of rotatable bonds is 3. The molecule has 0 radical (unpaired) electrons. The van der Waals surface area contributed by atoms with E-state index < -0.39 is 10.0 Å². The molecule has 0 aromatic carbocycles. The average molecular weight is 137 g/mol. The molecule has 0 unspecified atom stereocenters. The van der Waals surface area contributed by atoms with Crippen LogP contribution < -0.4 is 4.89 Å². The molecule has 0 saturated carbocycles. The van der Waals surface area contributed by atoms with E-state index in [2.05, 4.69) is 6.58 Å². The molecular formula is C3H7NO3S. The Morgan fingerprint density at radius 1 is 1.75 bits per heavy atom. The Hall–Kier alpha value is -0.390. The van der Waals surface area contributed by atoms with Crippen LogP contribution in [0.2, 0.25) is 0 Å². The van der Waals surface area contributed by atoms with Crippen molar-refractivity contribution >= 4 is 10.0 Å². The quantitative estimate of drug-likeness (QED) is 0.406. The van der Waals surface area contributed by atoms with E-state index in [1.807, 2.05) is 0 Å². The van der Waals surface area contributed by atoms with Gasteiger partial charge in [-0.05, 0) is 0 Å². The maximum absolute atomic E-state index is 10.2. The Labute approximate surface area is 47.8 Å². The SMILES string of the molecule is C=CCS(=O)(=O)NO. The molecular weight excluding hydrogens is 130 g/mol. The monoisotopic (exact) mass is 137 g/mol. The van der Waals surface area contributed by atoms with Crippen molar-refractivity contribution < 1.29 is 13.6 Å². The summed E-state index contributed by atoms with van der Waals surface area (Å²) in [5, 5.41) is 7.84. The van der Waals surface area contributed by atoms with Crippen molar-refractivity contribution in [1.29, 1.82) is 0 Å². The van der Waals surface area contributed by atoms with E-state index in [0.29, 0.717) is 0 Å². The molecule has 0 amide bonds. The van der Waals surface area contributed by atoms with Gasteiger partial charge < -0.3 is 5.21 Å². The first kappa shape index (κ1) is 7.61. The van der Waals surface area contributed by atoms with E-state index in [1.165, 1.54) is 6.08 Å². The highest BCUT2D eigenvalue weighted by Crippen LogP contribution is 1.79. The van der Waals surface area contributed by atoms with Gasteiger partial charge in [0.05, 0.1) is 5.75 Å². The van der Waals surface area contributed by atoms with Gasteiger partial charge in [-0.25, -0.2) is 8.42 Å². The van der Waals surface area contributed by atoms with Crippen LogP contribution in [0.3, 0.4) is 0 Å². The first-order chi connectivity index (χ1) is 3.62. The van der Waals surface area contributed by atoms with Crippen LogP contribution in [0.1, 0.15) is 0 Å². The highest BCUT2D eigenvalue weighted by Gasteiger charge is 2.01. The van der Waals surface area contributed by atoms with Crippen LogP contribution in [0.5, 0.6) is 0 Å². The van der Waals surface area contributed by atoms with Crippen LogP contribution in [0.4, 0.5) is 0 Å². The molecule has 0 aliphatic carbocycles. The van der Waals surface area contributed by atoms with Gasteiger partial charge in [0, 0.05) is 0 Å². The van der Waals surface area contributed by atoms with Crippen molar-refractivity contribution in [2.45, 2.75) is 0 Å². The lowest BCUT2D eigenvalue weighted by atomic mass is 10.8. The highest BCUT2D eigenvalue weighted by molar-refractivity contribution is 7.89. The Morgan fingerprint density at radius 2 is 2.25 bits per heavy atom. The molecule has 0 aromatic rings. The average Bonchev–Trinajstić information content (AvgIpc) is 1.67. The van der Waals surface area contributed by atoms with Crippen LogP contribution in [-0.2, 0) is 10.0 Å². The van der Waals surface area contributed by atoms with Crippen molar-refractivity contribution in [3.8, 4) is 0 Å². The van der Waals surface area contributed by atoms with Gasteiger partial charge in [-0.3, -0.25) is 0 Å². The topological polar surface area (TPSA) is 66.4 Å². The second-order valence-electron chi connectivity index (χ2n) is 1.16. The van der Waals surface area contributed by atoms with Crippen molar-refractivity contribution in [1.82, 2.24) is 4.89 Å². The first-order valence-electron chi connectivity index (χ1n) is 1.87. The van der Waals surface area contributed by atoms with E-state index in [1.54, 1.807) is 0 Å². The largest absolute Gasteiger partial charge is 0.302 e. The van der Waals surface area contributed by atoms with Crippen molar-refractivity contribution in [2.24, 2.45) is 0 Å². The van der Waals surface area contributed by atoms with Crippen LogP contribution in [0, 0.1) is 0 Å². The lowest BCUT2D eigenvalue weighted by molar-refractivity contribution is 0.243. The molecule has 0 aliphatic rings. The molecule has 5 heteroatoms. The van der Waals surface area contributed by atoms with E-state index >= 15 is 0 Å². The van der Waals surface area contributed by atoms with E-state index in [0.717, 1.165) is 4.89 Å². The van der Waals surface area contributed by atoms with Crippen molar-refractivity contribution in [3.05, 3.63) is 12.7 Å². The molecule has 0 rings (SSSR count). The van der Waals surface area contributed by atoms with Gasteiger partial charge >= 0.3 is 0 Å². The van der Waals surface area contributed by atoms with E-state index in [9.17, 15) is 8.42 Å². The van der Waals surface area contributed by atoms with Gasteiger partial charge in [-0.1, -0.05) is 11.0 Å². The van der Waals surface area contributed by atoms with E-state index in [4.69, 9.17) is 5.21 Å². The normalized spacial score (nSPS) is 11.1. The van der Waals surface area contributed by atoms with Gasteiger partial charge in [-0.2, -0.15) is 0 Å². The van der Waals surface area contributed by atoms with Gasteiger partial charge in [0.2, 0.25) is 10.0 Å². The van der Waals surface area contributed by atoms with Gasteiger partial charge in [-0.15, -0.1) is 6.58 Å². The molecule has 0 heterocycles. The molecule has 0 atom stereocenters. The maximum atomic E-state index is 10.2. The predicted octanol–water partition coefficient (Wildman–Crippen LogP) is -0.519. The minimum atomic E-state index is -3.48. The third-order valence-electron chi connectivity index (χ3n) is 0.476. The summed E-state index contributed by atoms with van der Waals surface area (Å²) >= 11 is 0. The third-order valence-corrected chi connectivity index (χ3v) is 1.43. The zero-order valence-electron chi connectivity index (χ0n) is 4.16. The fourth-order valence-corrected chi connectivity index (χ4v) is 0.577. The minimum absolute atomic E-state index is 0.260. The summed E-state index contributed by atoms with van der Waals surface area (Å²) < 4.78 is 20.3. The summed E-state index contributed by atoms with van der Waals surface area (Å²) in [5.74, 6) is -0.260. The lowest BCUT2D eigenvalue weighted by Crippen LogP contribution is -2.21. The van der Waals surface area contributed by atoms with Gasteiger partial charge in [0.15, 0.2) is 0 Å². The Morgan fingerprint density at radius 3 is 2.38 bits per heavy atom. The molecule has 2 N–H and O–H groups in total. The summed E-state index contributed by atoms with van der Waals surface area (Å²) in [5.41, 5.74) is 0. The summed E-state index contributed by atoms with van der Waals surface area (Å²) in [6.07, 6.45) is 1.18. The number of sulfonamides is 1. The lowest BCUT2D eigenvalue weighted by Gasteiger charge is -1.92. The van der Waals surface area contributed by atoms with Crippen LogP contribution >= 0.6 is 0 Å². The molecule has 0 saturated heterocycles. The summed E-state index contributed by atoms with van der Waals surface area (Å²) in [6.45, 7) is 3.16. The summed E-state index contributed by atoms with van der Waals surface area (Å²) in [4.78, 5) is 1.14. The molecule has 8 heavy (non-hydrogen) atoms. The van der Waals surface area contributed by atoms with Crippen molar-refractivity contribution in [3.63, 3.8) is 0 Å². The van der Waals surface area contributed by atoms with Crippen LogP contribution in [0.25, 0.3) is 0 Å². The Balaban J connectivity index is 3.94. The molecule has 0 aliphatic heterocycles. The highest BCUT2D eigenvalue weighted by atomic mass is 32.2. The summed E-state index contributed by atoms with van der Waals surface area (Å²) in [7, 11) is -3.48. The van der Waals surface area contributed by atoms with Crippen LogP contribution in [-0.4, -0.2) is 19.4 Å². The number of hydrogen-bond acceptors (Lipinski definition) is 3. The number of hydrogen-bond donors (Lipinski definition) is 2. The molecule has 0 aromatic heterocycles. The fraction of sp³-hybridized carbons (Fsp3) is 0.333. The molecule has 4 nitrogen and oxygen atoms in total. The predicted molar refractivity (Wildman–Crippen MR) is 28.9 cm³/mol. The Kier molecular flexibility index (Phi) is 2.67. The van der Waals surface area contributed by atoms with Crippen LogP contribution in [0.15, 0.2) is 12.7 Å². The summed E-state index contributed by atoms with van der Waals surface area (Å²) in [6, 6.07) is 0. The second-order valence-corrected chi connectivity index (χ2v) is 2.91. The molecule has 0 fully saturated rings. The van der Waals surface area contributed by atoms with Gasteiger partial charge in [0.1, 0.15) is 0 Å². The zero-order valence-corrected chi connectivity index (χ0v) is 4.98. The second kappa shape index (κ2) is 2.81. The van der Waals surface area contributed by atoms with E-state index in [-0.39, 0.29) is 5.75 Å². The van der Waals surface area contributed by atoms with Gasteiger partial charge in [0.25, 0.3) is 0 Å². The third kappa shape index (κ3) is 2.73. The smallest absolute Gasteiger partial charge is 0.236 e. The fourth-order valence-electron chi connectivity index (χ4n) is 0.192. The molecule has 48 valence electrons. The number of nitrogens with one attached hydrogen (secondary N) is 1. The van der Waals surface area contributed by atoms with Crippen molar-refractivity contribution in [2.75, 3.05) is 5.75 Å². The zero-order chi connectivity index (χ0) is 6.62. The minimum Gasteiger partial charge on any atom is -0.302 e. The molecule has 0 spiro atoms. The standard InChI is InChI=1S/C3H7NO3S/c1-2-3-8(6,7)4-5/h2,4-5H,1,3H2. The Bertz CT molecular complexity index is 159.